The van der Waals surface area contributed by atoms with Crippen LogP contribution in [-0.2, 0) is 0 Å². The number of rotatable bonds is 6. The smallest absolute Gasteiger partial charge is 0.126 e. The van der Waals surface area contributed by atoms with Gasteiger partial charge >= 0.3 is 0 Å². The van der Waals surface area contributed by atoms with Crippen LogP contribution in [0.5, 0.6) is 5.75 Å². The third-order valence-electron chi connectivity index (χ3n) is 5.63. The summed E-state index contributed by atoms with van der Waals surface area (Å²) in [6, 6.07) is 27.1. The van der Waals surface area contributed by atoms with Gasteiger partial charge < -0.3 is 4.74 Å². The molecule has 0 amide bonds. The van der Waals surface area contributed by atoms with Crippen LogP contribution >= 0.6 is 0 Å². The first-order valence-corrected chi connectivity index (χ1v) is 11.0. The molecule has 0 N–H and O–H groups in total. The van der Waals surface area contributed by atoms with E-state index in [1.54, 1.807) is 6.26 Å². The number of benzene rings is 3. The topological polar surface area (TPSA) is 35.0 Å². The van der Waals surface area contributed by atoms with Gasteiger partial charge in [-0.2, -0.15) is 0 Å². The average molecular weight is 417 g/mol. The number of unbranched alkanes of at least 4 members (excludes halogenated alkanes) is 1. The third kappa shape index (κ3) is 3.85. The Labute approximate surface area is 188 Å². The van der Waals surface area contributed by atoms with Crippen molar-refractivity contribution in [2.75, 3.05) is 0 Å². The molecule has 2 aromatic heterocycles. The molecule has 0 radical (unpaired) electrons. The summed E-state index contributed by atoms with van der Waals surface area (Å²) < 4.78 is 5.70. The number of nitrogens with zero attached hydrogens (tertiary/aromatic N) is 2. The molecule has 0 saturated carbocycles. The van der Waals surface area contributed by atoms with E-state index in [0.717, 1.165) is 51.5 Å². The molecule has 0 atom stereocenters. The maximum absolute atomic E-state index is 5.70. The monoisotopic (exact) mass is 416 g/mol. The molecule has 3 aromatic carbocycles. The Balaban J connectivity index is 1.56. The maximum Gasteiger partial charge on any atom is 0.126 e. The fourth-order valence-electron chi connectivity index (χ4n) is 4.02. The molecular weight excluding hydrogens is 392 g/mol. The fraction of sp³-hybridized carbons (Fsp3) is 0.103. The molecule has 0 spiro atoms. The van der Waals surface area contributed by atoms with Crippen LogP contribution in [0.4, 0.5) is 0 Å². The van der Waals surface area contributed by atoms with Crippen LogP contribution in [0.1, 0.15) is 19.8 Å². The lowest BCUT2D eigenvalue weighted by atomic mass is 9.96. The molecule has 32 heavy (non-hydrogen) atoms. The lowest BCUT2D eigenvalue weighted by Crippen LogP contribution is -1.90. The molecule has 0 aliphatic heterocycles. The predicted molar refractivity (Wildman–Crippen MR) is 133 cm³/mol. The standard InChI is InChI=1S/C29H24N2O/c1-2-3-7-20-32-23-12-10-22(11-13-23)25-17-19-31-29-27(25)15-14-26-24(16-18-30-28(26)29)21-8-5-4-6-9-21/h4-20H,2-3H2,1H3. The summed E-state index contributed by atoms with van der Waals surface area (Å²) in [6.07, 6.45) is 9.69. The Hall–Kier alpha value is -3.98. The second-order valence-electron chi connectivity index (χ2n) is 7.74. The quantitative estimate of drug-likeness (QED) is 0.209. The molecule has 2 heterocycles. The van der Waals surface area contributed by atoms with Gasteiger partial charge in [-0.25, -0.2) is 0 Å². The number of ether oxygens (including phenoxy) is 1. The summed E-state index contributed by atoms with van der Waals surface area (Å²) in [6.45, 7) is 2.15. The van der Waals surface area contributed by atoms with E-state index in [1.807, 2.05) is 36.7 Å². The number of allylic oxidation sites excluding steroid dienone is 1. The predicted octanol–water partition coefficient (Wildman–Crippen LogP) is 7.81. The van der Waals surface area contributed by atoms with Crippen molar-refractivity contribution in [2.45, 2.75) is 19.8 Å². The summed E-state index contributed by atoms with van der Waals surface area (Å²) in [5.74, 6) is 0.832. The third-order valence-corrected chi connectivity index (χ3v) is 5.63. The van der Waals surface area contributed by atoms with Gasteiger partial charge in [-0.05, 0) is 59.0 Å². The van der Waals surface area contributed by atoms with Gasteiger partial charge in [-0.3, -0.25) is 9.97 Å². The summed E-state index contributed by atoms with van der Waals surface area (Å²) >= 11 is 0. The van der Waals surface area contributed by atoms with Crippen molar-refractivity contribution in [1.82, 2.24) is 9.97 Å². The molecule has 5 rings (SSSR count). The van der Waals surface area contributed by atoms with Gasteiger partial charge in [0.1, 0.15) is 5.75 Å². The highest BCUT2D eigenvalue weighted by Gasteiger charge is 2.12. The zero-order valence-corrected chi connectivity index (χ0v) is 18.0. The molecule has 0 unspecified atom stereocenters. The van der Waals surface area contributed by atoms with Gasteiger partial charge in [0.15, 0.2) is 0 Å². The Morgan fingerprint density at radius 1 is 0.688 bits per heavy atom. The molecule has 5 aromatic rings. The Morgan fingerprint density at radius 2 is 1.28 bits per heavy atom. The van der Waals surface area contributed by atoms with Gasteiger partial charge in [0.25, 0.3) is 0 Å². The van der Waals surface area contributed by atoms with Crippen LogP contribution in [-0.4, -0.2) is 9.97 Å². The maximum atomic E-state index is 5.70. The molecule has 3 nitrogen and oxygen atoms in total. The lowest BCUT2D eigenvalue weighted by molar-refractivity contribution is 0.478. The molecular formula is C29H24N2O. The van der Waals surface area contributed by atoms with E-state index in [9.17, 15) is 0 Å². The molecule has 0 saturated heterocycles. The molecule has 3 heteroatoms. The minimum Gasteiger partial charge on any atom is -0.465 e. The Bertz CT molecular complexity index is 1390. The van der Waals surface area contributed by atoms with Gasteiger partial charge in [0.2, 0.25) is 0 Å². The van der Waals surface area contributed by atoms with E-state index in [0.29, 0.717) is 0 Å². The van der Waals surface area contributed by atoms with Crippen molar-refractivity contribution < 1.29 is 4.74 Å². The summed E-state index contributed by atoms with van der Waals surface area (Å²) in [5.41, 5.74) is 6.45. The van der Waals surface area contributed by atoms with E-state index < -0.39 is 0 Å². The van der Waals surface area contributed by atoms with Crippen molar-refractivity contribution in [2.24, 2.45) is 0 Å². The van der Waals surface area contributed by atoms with E-state index in [1.165, 1.54) is 11.1 Å². The first-order chi connectivity index (χ1) is 15.8. The van der Waals surface area contributed by atoms with Crippen LogP contribution in [0, 0.1) is 0 Å². The highest BCUT2D eigenvalue weighted by Crippen LogP contribution is 2.35. The minimum atomic E-state index is 0.832. The van der Waals surface area contributed by atoms with Crippen LogP contribution in [0.2, 0.25) is 0 Å². The molecule has 0 bridgehead atoms. The molecule has 0 fully saturated rings. The van der Waals surface area contributed by atoms with Crippen molar-refractivity contribution in [3.63, 3.8) is 0 Å². The van der Waals surface area contributed by atoms with E-state index >= 15 is 0 Å². The van der Waals surface area contributed by atoms with Gasteiger partial charge in [-0.1, -0.05) is 67.9 Å². The SMILES string of the molecule is CCCC=COc1ccc(-c2ccnc3c2ccc2c(-c4ccccc4)ccnc23)cc1. The molecule has 0 aliphatic carbocycles. The summed E-state index contributed by atoms with van der Waals surface area (Å²) in [7, 11) is 0. The minimum absolute atomic E-state index is 0.832. The fourth-order valence-corrected chi connectivity index (χ4v) is 4.02. The number of hydrogen-bond donors (Lipinski definition) is 0. The highest BCUT2D eigenvalue weighted by atomic mass is 16.5. The zero-order valence-electron chi connectivity index (χ0n) is 18.0. The number of aromatic nitrogens is 2. The second kappa shape index (κ2) is 9.03. The first-order valence-electron chi connectivity index (χ1n) is 11.0. The second-order valence-corrected chi connectivity index (χ2v) is 7.74. The number of fused-ring (bicyclic) bond motifs is 3. The van der Waals surface area contributed by atoms with Gasteiger partial charge in [0, 0.05) is 23.2 Å². The van der Waals surface area contributed by atoms with Crippen LogP contribution in [0.15, 0.2) is 104 Å². The number of pyridine rings is 2. The normalized spacial score (nSPS) is 11.4. The van der Waals surface area contributed by atoms with Crippen molar-refractivity contribution in [3.8, 4) is 28.0 Å². The Kier molecular flexibility index (Phi) is 5.63. The van der Waals surface area contributed by atoms with E-state index in [2.05, 4.69) is 67.6 Å². The van der Waals surface area contributed by atoms with Crippen LogP contribution < -0.4 is 4.74 Å². The zero-order chi connectivity index (χ0) is 21.8. The van der Waals surface area contributed by atoms with Gasteiger partial charge in [-0.15, -0.1) is 0 Å². The molecule has 156 valence electrons. The van der Waals surface area contributed by atoms with Crippen molar-refractivity contribution in [1.29, 1.82) is 0 Å². The summed E-state index contributed by atoms with van der Waals surface area (Å²) in [5, 5.41) is 2.20. The highest BCUT2D eigenvalue weighted by molar-refractivity contribution is 6.11. The summed E-state index contributed by atoms with van der Waals surface area (Å²) in [4.78, 5) is 9.41. The number of hydrogen-bond acceptors (Lipinski definition) is 3. The molecule has 0 aliphatic rings. The lowest BCUT2D eigenvalue weighted by Gasteiger charge is -2.11. The Morgan fingerprint density at radius 3 is 1.88 bits per heavy atom. The van der Waals surface area contributed by atoms with Crippen molar-refractivity contribution >= 4 is 21.8 Å². The van der Waals surface area contributed by atoms with E-state index in [4.69, 9.17) is 14.7 Å². The van der Waals surface area contributed by atoms with Crippen molar-refractivity contribution in [3.05, 3.63) is 104 Å². The van der Waals surface area contributed by atoms with E-state index in [-0.39, 0.29) is 0 Å². The average Bonchev–Trinajstić information content (AvgIpc) is 2.87. The van der Waals surface area contributed by atoms with Gasteiger partial charge in [0.05, 0.1) is 17.3 Å². The first kappa shape index (κ1) is 20.0. The van der Waals surface area contributed by atoms with Crippen LogP contribution in [0.25, 0.3) is 44.1 Å². The van der Waals surface area contributed by atoms with Crippen LogP contribution in [0.3, 0.4) is 0 Å². The largest absolute Gasteiger partial charge is 0.465 e.